The fraction of sp³-hybridized carbons (Fsp3) is 0.458. The maximum absolute atomic E-state index is 12.6. The van der Waals surface area contributed by atoms with Crippen LogP contribution in [0.1, 0.15) is 47.0 Å². The maximum Gasteiger partial charge on any atom is 0.311 e. The monoisotopic (exact) mass is 396 g/mol. The first-order chi connectivity index (χ1) is 13.4. The number of esters is 1. The highest BCUT2D eigenvalue weighted by molar-refractivity contribution is 6.99. The number of hydrogen-bond acceptors (Lipinski definition) is 3. The summed E-state index contributed by atoms with van der Waals surface area (Å²) in [6.07, 6.45) is 2.67. The zero-order valence-electron chi connectivity index (χ0n) is 17.5. The molecular formula is C24H32O3Si. The number of rotatable bonds is 6. The van der Waals surface area contributed by atoms with Crippen molar-refractivity contribution in [3.63, 3.8) is 0 Å². The Labute approximate surface area is 170 Å². The first-order valence-electron chi connectivity index (χ1n) is 10.4. The van der Waals surface area contributed by atoms with E-state index >= 15 is 0 Å². The van der Waals surface area contributed by atoms with Crippen molar-refractivity contribution >= 4 is 24.7 Å². The van der Waals surface area contributed by atoms with Crippen LogP contribution in [0, 0.1) is 5.92 Å². The second-order valence-electron chi connectivity index (χ2n) is 8.61. The quantitative estimate of drug-likeness (QED) is 0.540. The van der Waals surface area contributed by atoms with Gasteiger partial charge in [-0.05, 0) is 41.6 Å². The van der Waals surface area contributed by atoms with Crippen LogP contribution >= 0.6 is 0 Å². The van der Waals surface area contributed by atoms with E-state index in [9.17, 15) is 4.79 Å². The Morgan fingerprint density at radius 2 is 1.50 bits per heavy atom. The van der Waals surface area contributed by atoms with Crippen molar-refractivity contribution in [1.82, 2.24) is 0 Å². The predicted molar refractivity (Wildman–Crippen MR) is 116 cm³/mol. The average Bonchev–Trinajstić information content (AvgIpc) is 3.15. The molecule has 0 aromatic heterocycles. The summed E-state index contributed by atoms with van der Waals surface area (Å²) in [5.74, 6) is -0.274. The number of carbonyl (C=O) groups excluding carboxylic acids is 1. The first kappa shape index (κ1) is 20.8. The molecule has 4 heteroatoms. The van der Waals surface area contributed by atoms with E-state index in [1.165, 1.54) is 10.4 Å². The van der Waals surface area contributed by atoms with Gasteiger partial charge in [-0.15, -0.1) is 0 Å². The van der Waals surface area contributed by atoms with Crippen LogP contribution in [0.5, 0.6) is 0 Å². The lowest BCUT2D eigenvalue weighted by atomic mass is 10.1. The maximum atomic E-state index is 12.6. The Hall–Kier alpha value is -1.91. The van der Waals surface area contributed by atoms with E-state index in [0.717, 1.165) is 19.3 Å². The van der Waals surface area contributed by atoms with E-state index in [-0.39, 0.29) is 23.0 Å². The van der Waals surface area contributed by atoms with E-state index in [1.807, 2.05) is 19.1 Å². The Morgan fingerprint density at radius 3 is 1.96 bits per heavy atom. The van der Waals surface area contributed by atoms with Crippen molar-refractivity contribution in [2.45, 2.75) is 58.1 Å². The normalized spacial score (nSPS) is 20.1. The van der Waals surface area contributed by atoms with Crippen LogP contribution in [-0.4, -0.2) is 27.0 Å². The topological polar surface area (TPSA) is 35.5 Å². The van der Waals surface area contributed by atoms with Crippen LogP contribution in [0.25, 0.3) is 0 Å². The standard InChI is InChI=1S/C24H32O3Si/c1-5-26-23(25)21-17-12-18-22(21)27-28(24(2,3)4,19-13-8-6-9-14-19)20-15-10-7-11-16-20/h6-11,13-16,21-22H,5,12,17-18H2,1-4H3/t21-,22+/m1/s1. The van der Waals surface area contributed by atoms with Crippen molar-refractivity contribution in [3.05, 3.63) is 60.7 Å². The fourth-order valence-electron chi connectivity index (χ4n) is 4.50. The zero-order valence-corrected chi connectivity index (χ0v) is 18.5. The summed E-state index contributed by atoms with van der Waals surface area (Å²) < 4.78 is 12.5. The second-order valence-corrected chi connectivity index (χ2v) is 12.9. The summed E-state index contributed by atoms with van der Waals surface area (Å²) in [6.45, 7) is 9.10. The predicted octanol–water partition coefficient (Wildman–Crippen LogP) is 4.29. The summed E-state index contributed by atoms with van der Waals surface area (Å²) in [5, 5.41) is 2.42. The number of ether oxygens (including phenoxy) is 1. The van der Waals surface area contributed by atoms with E-state index in [2.05, 4.69) is 69.3 Å². The molecule has 0 unspecified atom stereocenters. The molecule has 3 nitrogen and oxygen atoms in total. The molecule has 1 aliphatic carbocycles. The summed E-state index contributed by atoms with van der Waals surface area (Å²) in [7, 11) is -2.63. The van der Waals surface area contributed by atoms with Gasteiger partial charge in [-0.1, -0.05) is 81.4 Å². The molecule has 28 heavy (non-hydrogen) atoms. The zero-order chi connectivity index (χ0) is 20.2. The van der Waals surface area contributed by atoms with Gasteiger partial charge < -0.3 is 9.16 Å². The molecule has 0 bridgehead atoms. The second kappa shape index (κ2) is 8.62. The molecule has 1 fully saturated rings. The van der Waals surface area contributed by atoms with E-state index in [0.29, 0.717) is 6.61 Å². The molecule has 0 radical (unpaired) electrons. The lowest BCUT2D eigenvalue weighted by Crippen LogP contribution is -2.68. The molecule has 1 aliphatic rings. The van der Waals surface area contributed by atoms with Crippen LogP contribution in [-0.2, 0) is 14.0 Å². The SMILES string of the molecule is CCOC(=O)[C@@H]1CCC[C@@H]1O[Si](c1ccccc1)(c1ccccc1)C(C)(C)C. The summed E-state index contributed by atoms with van der Waals surface area (Å²) >= 11 is 0. The minimum absolute atomic E-state index is 0.0858. The Kier molecular flexibility index (Phi) is 6.41. The Balaban J connectivity index is 2.10. The molecule has 0 heterocycles. The highest BCUT2D eigenvalue weighted by Gasteiger charge is 2.53. The molecule has 0 spiro atoms. The van der Waals surface area contributed by atoms with Crippen LogP contribution in [0.15, 0.2) is 60.7 Å². The number of benzene rings is 2. The van der Waals surface area contributed by atoms with Crippen molar-refractivity contribution in [1.29, 1.82) is 0 Å². The molecule has 3 rings (SSSR count). The number of carbonyl (C=O) groups is 1. The molecule has 0 saturated heterocycles. The van der Waals surface area contributed by atoms with Crippen LogP contribution < -0.4 is 10.4 Å². The Morgan fingerprint density at radius 1 is 0.964 bits per heavy atom. The summed E-state index contributed by atoms with van der Waals surface area (Å²) in [6, 6.07) is 21.2. The van der Waals surface area contributed by atoms with Crippen LogP contribution in [0.3, 0.4) is 0 Å². The van der Waals surface area contributed by atoms with Gasteiger partial charge in [0.05, 0.1) is 18.6 Å². The third-order valence-corrected chi connectivity index (χ3v) is 10.8. The first-order valence-corrected chi connectivity index (χ1v) is 12.3. The van der Waals surface area contributed by atoms with Gasteiger partial charge in [0.2, 0.25) is 0 Å². The van der Waals surface area contributed by atoms with Gasteiger partial charge in [0, 0.05) is 0 Å². The van der Waals surface area contributed by atoms with E-state index in [1.54, 1.807) is 0 Å². The third-order valence-electron chi connectivity index (χ3n) is 5.79. The van der Waals surface area contributed by atoms with Gasteiger partial charge in [0.25, 0.3) is 8.32 Å². The molecule has 150 valence electrons. The van der Waals surface area contributed by atoms with Crippen molar-refractivity contribution < 1.29 is 14.0 Å². The van der Waals surface area contributed by atoms with Gasteiger partial charge in [-0.25, -0.2) is 0 Å². The molecule has 2 atom stereocenters. The van der Waals surface area contributed by atoms with Crippen molar-refractivity contribution in [3.8, 4) is 0 Å². The smallest absolute Gasteiger partial charge is 0.311 e. The molecule has 0 aliphatic heterocycles. The average molecular weight is 397 g/mol. The third kappa shape index (κ3) is 3.94. The highest BCUT2D eigenvalue weighted by Crippen LogP contribution is 2.41. The van der Waals surface area contributed by atoms with Crippen LogP contribution in [0.2, 0.25) is 5.04 Å². The molecule has 1 saturated carbocycles. The van der Waals surface area contributed by atoms with E-state index < -0.39 is 8.32 Å². The van der Waals surface area contributed by atoms with E-state index in [4.69, 9.17) is 9.16 Å². The summed E-state index contributed by atoms with van der Waals surface area (Å²) in [5.41, 5.74) is 0. The Bertz CT molecular complexity index is 728. The van der Waals surface area contributed by atoms with Crippen LogP contribution in [0.4, 0.5) is 0 Å². The van der Waals surface area contributed by atoms with Gasteiger partial charge in [-0.2, -0.15) is 0 Å². The van der Waals surface area contributed by atoms with Gasteiger partial charge in [0.15, 0.2) is 0 Å². The molecule has 0 amide bonds. The summed E-state index contributed by atoms with van der Waals surface area (Å²) in [4.78, 5) is 12.6. The molecular weight excluding hydrogens is 364 g/mol. The van der Waals surface area contributed by atoms with Crippen molar-refractivity contribution in [2.24, 2.45) is 5.92 Å². The van der Waals surface area contributed by atoms with Gasteiger partial charge >= 0.3 is 5.97 Å². The molecule has 0 N–H and O–H groups in total. The number of hydrogen-bond donors (Lipinski definition) is 0. The molecule has 2 aromatic rings. The lowest BCUT2D eigenvalue weighted by molar-refractivity contribution is -0.150. The lowest BCUT2D eigenvalue weighted by Gasteiger charge is -2.45. The van der Waals surface area contributed by atoms with Crippen molar-refractivity contribution in [2.75, 3.05) is 6.61 Å². The molecule has 2 aromatic carbocycles. The van der Waals surface area contributed by atoms with Gasteiger partial charge in [-0.3, -0.25) is 4.79 Å². The minimum Gasteiger partial charge on any atom is -0.466 e. The van der Waals surface area contributed by atoms with Gasteiger partial charge in [0.1, 0.15) is 0 Å². The highest BCUT2D eigenvalue weighted by atomic mass is 28.4. The fourth-order valence-corrected chi connectivity index (χ4v) is 9.26. The minimum atomic E-state index is -2.63. The largest absolute Gasteiger partial charge is 0.466 e.